The maximum atomic E-state index is 11.2. The number of esters is 1. The first-order chi connectivity index (χ1) is 7.67. The molecule has 1 aromatic carbocycles. The lowest BCUT2D eigenvalue weighted by Crippen LogP contribution is -2.24. The summed E-state index contributed by atoms with van der Waals surface area (Å²) in [5.74, 6) is 0.271. The van der Waals surface area contributed by atoms with Crippen molar-refractivity contribution in [2.24, 2.45) is 5.73 Å². The van der Waals surface area contributed by atoms with Crippen LogP contribution in [0.2, 0.25) is 0 Å². The maximum absolute atomic E-state index is 11.2. The largest absolute Gasteiger partial charge is 0.479 e. The molecule has 0 aliphatic heterocycles. The van der Waals surface area contributed by atoms with Gasteiger partial charge in [-0.1, -0.05) is 12.1 Å². The van der Waals surface area contributed by atoms with Crippen LogP contribution in [0, 0.1) is 0 Å². The highest BCUT2D eigenvalue weighted by Crippen LogP contribution is 2.15. The fraction of sp³-hybridized carbons (Fsp3) is 0.417. The zero-order chi connectivity index (χ0) is 12.0. The standard InChI is InChI=1S/C12H17NO3/c1-9(12(14)15-2)16-11-5-3-4-10(8-11)6-7-13/h3-5,8-9H,6-7,13H2,1-2H3. The van der Waals surface area contributed by atoms with E-state index in [1.165, 1.54) is 7.11 Å². The molecule has 1 aromatic rings. The first-order valence-corrected chi connectivity index (χ1v) is 5.21. The summed E-state index contributed by atoms with van der Waals surface area (Å²) in [7, 11) is 1.34. The predicted octanol–water partition coefficient (Wildman–Crippen LogP) is 1.13. The highest BCUT2D eigenvalue weighted by Gasteiger charge is 2.14. The highest BCUT2D eigenvalue weighted by atomic mass is 16.6. The molecule has 0 fully saturated rings. The van der Waals surface area contributed by atoms with E-state index >= 15 is 0 Å². The first-order valence-electron chi connectivity index (χ1n) is 5.21. The Hall–Kier alpha value is -1.55. The predicted molar refractivity (Wildman–Crippen MR) is 61.3 cm³/mol. The second kappa shape index (κ2) is 6.12. The molecular weight excluding hydrogens is 206 g/mol. The Morgan fingerprint density at radius 3 is 2.88 bits per heavy atom. The Morgan fingerprint density at radius 2 is 2.25 bits per heavy atom. The van der Waals surface area contributed by atoms with Crippen molar-refractivity contribution in [1.29, 1.82) is 0 Å². The lowest BCUT2D eigenvalue weighted by atomic mass is 10.1. The van der Waals surface area contributed by atoms with E-state index in [9.17, 15) is 4.79 Å². The lowest BCUT2D eigenvalue weighted by Gasteiger charge is -2.12. The van der Waals surface area contributed by atoms with E-state index in [-0.39, 0.29) is 5.97 Å². The molecule has 16 heavy (non-hydrogen) atoms. The molecule has 4 nitrogen and oxygen atoms in total. The molecule has 1 atom stereocenters. The zero-order valence-corrected chi connectivity index (χ0v) is 9.60. The Labute approximate surface area is 95.3 Å². The van der Waals surface area contributed by atoms with Gasteiger partial charge in [0.05, 0.1) is 7.11 Å². The molecule has 1 unspecified atom stereocenters. The van der Waals surface area contributed by atoms with Gasteiger partial charge in [0.1, 0.15) is 5.75 Å². The average molecular weight is 223 g/mol. The third-order valence-electron chi connectivity index (χ3n) is 2.18. The molecule has 0 amide bonds. The molecule has 0 aliphatic rings. The van der Waals surface area contributed by atoms with Crippen LogP contribution in [0.3, 0.4) is 0 Å². The van der Waals surface area contributed by atoms with Crippen LogP contribution >= 0.6 is 0 Å². The molecule has 0 heterocycles. The highest BCUT2D eigenvalue weighted by molar-refractivity contribution is 5.74. The summed E-state index contributed by atoms with van der Waals surface area (Å²) >= 11 is 0. The zero-order valence-electron chi connectivity index (χ0n) is 9.60. The van der Waals surface area contributed by atoms with Crippen LogP contribution in [0.4, 0.5) is 0 Å². The number of carbonyl (C=O) groups is 1. The van der Waals surface area contributed by atoms with E-state index in [2.05, 4.69) is 4.74 Å². The fourth-order valence-electron chi connectivity index (χ4n) is 1.36. The number of hydrogen-bond acceptors (Lipinski definition) is 4. The molecule has 1 rings (SSSR count). The molecule has 0 aliphatic carbocycles. The summed E-state index contributed by atoms with van der Waals surface area (Å²) < 4.78 is 10.0. The van der Waals surface area contributed by atoms with Gasteiger partial charge in [-0.05, 0) is 37.6 Å². The number of carbonyl (C=O) groups excluding carboxylic acids is 1. The van der Waals surface area contributed by atoms with Gasteiger partial charge in [0, 0.05) is 0 Å². The van der Waals surface area contributed by atoms with Crippen molar-refractivity contribution in [3.8, 4) is 5.75 Å². The quantitative estimate of drug-likeness (QED) is 0.760. The van der Waals surface area contributed by atoms with Gasteiger partial charge in [-0.25, -0.2) is 4.79 Å². The molecule has 2 N–H and O–H groups in total. The number of nitrogens with two attached hydrogens (primary N) is 1. The number of benzene rings is 1. The van der Waals surface area contributed by atoms with Gasteiger partial charge in [0.2, 0.25) is 0 Å². The van der Waals surface area contributed by atoms with Crippen LogP contribution in [0.15, 0.2) is 24.3 Å². The monoisotopic (exact) mass is 223 g/mol. The van der Waals surface area contributed by atoms with Crippen LogP contribution in [0.5, 0.6) is 5.75 Å². The second-order valence-corrected chi connectivity index (χ2v) is 3.47. The van der Waals surface area contributed by atoms with Crippen molar-refractivity contribution in [3.05, 3.63) is 29.8 Å². The van der Waals surface area contributed by atoms with E-state index in [1.807, 2.05) is 18.2 Å². The molecule has 88 valence electrons. The first kappa shape index (κ1) is 12.5. The molecule has 0 spiro atoms. The molecular formula is C12H17NO3. The summed E-state index contributed by atoms with van der Waals surface area (Å²) in [5.41, 5.74) is 6.56. The normalized spacial score (nSPS) is 11.9. The minimum atomic E-state index is -0.599. The van der Waals surface area contributed by atoms with Gasteiger partial charge in [0.25, 0.3) is 0 Å². The van der Waals surface area contributed by atoms with Crippen molar-refractivity contribution in [1.82, 2.24) is 0 Å². The lowest BCUT2D eigenvalue weighted by molar-refractivity contribution is -0.147. The number of methoxy groups -OCH3 is 1. The summed E-state index contributed by atoms with van der Waals surface area (Å²) in [5, 5.41) is 0. The van der Waals surface area contributed by atoms with Gasteiger partial charge in [0.15, 0.2) is 6.10 Å². The minimum Gasteiger partial charge on any atom is -0.479 e. The van der Waals surface area contributed by atoms with Gasteiger partial charge < -0.3 is 15.2 Å². The van der Waals surface area contributed by atoms with Crippen LogP contribution in [-0.4, -0.2) is 25.7 Å². The van der Waals surface area contributed by atoms with Crippen LogP contribution in [0.25, 0.3) is 0 Å². The molecule has 0 aromatic heterocycles. The van der Waals surface area contributed by atoms with E-state index in [1.54, 1.807) is 13.0 Å². The van der Waals surface area contributed by atoms with E-state index in [4.69, 9.17) is 10.5 Å². The Morgan fingerprint density at radius 1 is 1.50 bits per heavy atom. The molecule has 0 bridgehead atoms. The van der Waals surface area contributed by atoms with Gasteiger partial charge in [-0.2, -0.15) is 0 Å². The van der Waals surface area contributed by atoms with E-state index < -0.39 is 6.10 Å². The van der Waals surface area contributed by atoms with Crippen molar-refractivity contribution in [2.45, 2.75) is 19.4 Å². The summed E-state index contributed by atoms with van der Waals surface area (Å²) in [6.45, 7) is 2.25. The van der Waals surface area contributed by atoms with Gasteiger partial charge >= 0.3 is 5.97 Å². The smallest absolute Gasteiger partial charge is 0.346 e. The Balaban J connectivity index is 2.66. The van der Waals surface area contributed by atoms with E-state index in [0.717, 1.165) is 12.0 Å². The molecule has 0 saturated carbocycles. The van der Waals surface area contributed by atoms with Crippen molar-refractivity contribution >= 4 is 5.97 Å². The summed E-state index contributed by atoms with van der Waals surface area (Å²) in [4.78, 5) is 11.2. The van der Waals surface area contributed by atoms with Gasteiger partial charge in [-0.15, -0.1) is 0 Å². The fourth-order valence-corrected chi connectivity index (χ4v) is 1.36. The SMILES string of the molecule is COC(=O)C(C)Oc1cccc(CCN)c1. The Bertz CT molecular complexity index is 352. The van der Waals surface area contributed by atoms with Crippen molar-refractivity contribution in [3.63, 3.8) is 0 Å². The average Bonchev–Trinajstić information content (AvgIpc) is 2.29. The third kappa shape index (κ3) is 3.55. The van der Waals surface area contributed by atoms with Crippen LogP contribution in [-0.2, 0) is 16.0 Å². The number of ether oxygens (including phenoxy) is 2. The summed E-state index contributed by atoms with van der Waals surface area (Å²) in [6, 6.07) is 7.54. The molecule has 0 radical (unpaired) electrons. The topological polar surface area (TPSA) is 61.5 Å². The van der Waals surface area contributed by atoms with Crippen molar-refractivity contribution < 1.29 is 14.3 Å². The molecule has 0 saturated heterocycles. The number of hydrogen-bond donors (Lipinski definition) is 1. The number of rotatable bonds is 5. The van der Waals surface area contributed by atoms with Crippen molar-refractivity contribution in [2.75, 3.05) is 13.7 Å². The third-order valence-corrected chi connectivity index (χ3v) is 2.18. The van der Waals surface area contributed by atoms with E-state index in [0.29, 0.717) is 12.3 Å². The van der Waals surface area contributed by atoms with Gasteiger partial charge in [-0.3, -0.25) is 0 Å². The maximum Gasteiger partial charge on any atom is 0.346 e. The molecule has 4 heteroatoms. The second-order valence-electron chi connectivity index (χ2n) is 3.47. The van der Waals surface area contributed by atoms with Crippen LogP contribution in [0.1, 0.15) is 12.5 Å². The minimum absolute atomic E-state index is 0.385. The Kier molecular flexibility index (Phi) is 4.79. The summed E-state index contributed by atoms with van der Waals surface area (Å²) in [6.07, 6.45) is 0.196. The van der Waals surface area contributed by atoms with Crippen LogP contribution < -0.4 is 10.5 Å².